The van der Waals surface area contributed by atoms with Gasteiger partial charge in [0.15, 0.2) is 0 Å². The highest BCUT2D eigenvalue weighted by atomic mass is 16.6. The summed E-state index contributed by atoms with van der Waals surface area (Å²) in [5, 5.41) is 8.40. The lowest BCUT2D eigenvalue weighted by Gasteiger charge is -2.22. The highest BCUT2D eigenvalue weighted by Crippen LogP contribution is 2.23. The van der Waals surface area contributed by atoms with Crippen molar-refractivity contribution in [3.8, 4) is 6.07 Å². The van der Waals surface area contributed by atoms with Gasteiger partial charge in [-0.15, -0.1) is 0 Å². The fourth-order valence-electron chi connectivity index (χ4n) is 1.82. The highest BCUT2D eigenvalue weighted by Gasteiger charge is 2.16. The standard InChI is InChI=1S/C11H18N2O2/c1-13(8-7-12)11(14)15-9-10-5-3-2-4-6-10/h10H,2-6,8-9H2,1H3. The SMILES string of the molecule is CN(CC#N)C(=O)OCC1CCCCC1. The topological polar surface area (TPSA) is 53.3 Å². The Morgan fingerprint density at radius 2 is 2.13 bits per heavy atom. The van der Waals surface area contributed by atoms with Gasteiger partial charge >= 0.3 is 6.09 Å². The maximum atomic E-state index is 11.3. The van der Waals surface area contributed by atoms with Gasteiger partial charge in [0.05, 0.1) is 12.7 Å². The molecule has 0 aromatic heterocycles. The predicted molar refractivity (Wildman–Crippen MR) is 56.2 cm³/mol. The molecule has 1 saturated carbocycles. The van der Waals surface area contributed by atoms with Crippen molar-refractivity contribution in [2.24, 2.45) is 5.92 Å². The zero-order valence-electron chi connectivity index (χ0n) is 9.24. The Kier molecular flexibility index (Phi) is 4.96. The predicted octanol–water partition coefficient (Wildman–Crippen LogP) is 2.16. The molecule has 4 nitrogen and oxygen atoms in total. The van der Waals surface area contributed by atoms with Crippen molar-refractivity contribution in [3.63, 3.8) is 0 Å². The second-order valence-corrected chi connectivity index (χ2v) is 4.10. The van der Waals surface area contributed by atoms with E-state index in [4.69, 9.17) is 10.00 Å². The van der Waals surface area contributed by atoms with Gasteiger partial charge in [-0.1, -0.05) is 19.3 Å². The number of hydrogen-bond donors (Lipinski definition) is 0. The van der Waals surface area contributed by atoms with Crippen molar-refractivity contribution in [3.05, 3.63) is 0 Å². The molecule has 0 aromatic rings. The number of ether oxygens (including phenoxy) is 1. The summed E-state index contributed by atoms with van der Waals surface area (Å²) in [6.45, 7) is 0.595. The Bertz CT molecular complexity index is 241. The molecule has 0 heterocycles. The summed E-state index contributed by atoms with van der Waals surface area (Å²) in [5.74, 6) is 0.526. The molecule has 0 bridgehead atoms. The summed E-state index contributed by atoms with van der Waals surface area (Å²) in [6, 6.07) is 1.91. The van der Waals surface area contributed by atoms with Gasteiger partial charge in [-0.05, 0) is 18.8 Å². The summed E-state index contributed by atoms with van der Waals surface area (Å²) in [4.78, 5) is 12.6. The quantitative estimate of drug-likeness (QED) is 0.671. The molecule has 0 aromatic carbocycles. The Morgan fingerprint density at radius 1 is 1.47 bits per heavy atom. The van der Waals surface area contributed by atoms with Crippen LogP contribution in [0.4, 0.5) is 4.79 Å². The van der Waals surface area contributed by atoms with E-state index in [1.165, 1.54) is 24.2 Å². The summed E-state index contributed by atoms with van der Waals surface area (Å²) >= 11 is 0. The first-order valence-electron chi connectivity index (χ1n) is 5.49. The molecule has 84 valence electrons. The van der Waals surface area contributed by atoms with Crippen LogP contribution in [0.25, 0.3) is 0 Å². The number of hydrogen-bond acceptors (Lipinski definition) is 3. The van der Waals surface area contributed by atoms with Crippen LogP contribution < -0.4 is 0 Å². The Morgan fingerprint density at radius 3 is 2.73 bits per heavy atom. The summed E-state index contributed by atoms with van der Waals surface area (Å²) in [6.07, 6.45) is 5.73. The van der Waals surface area contributed by atoms with Crippen LogP contribution in [-0.4, -0.2) is 31.2 Å². The zero-order valence-corrected chi connectivity index (χ0v) is 9.24. The smallest absolute Gasteiger partial charge is 0.410 e. The number of nitriles is 1. The highest BCUT2D eigenvalue weighted by molar-refractivity contribution is 5.67. The van der Waals surface area contributed by atoms with Crippen LogP contribution in [0.5, 0.6) is 0 Å². The molecule has 1 aliphatic rings. The van der Waals surface area contributed by atoms with Crippen LogP contribution in [0, 0.1) is 17.2 Å². The van der Waals surface area contributed by atoms with E-state index in [2.05, 4.69) is 0 Å². The van der Waals surface area contributed by atoms with Gasteiger partial charge in [-0.25, -0.2) is 4.79 Å². The van der Waals surface area contributed by atoms with Gasteiger partial charge in [0.2, 0.25) is 0 Å². The van der Waals surface area contributed by atoms with Crippen LogP contribution in [0.1, 0.15) is 32.1 Å². The normalized spacial score (nSPS) is 16.8. The van der Waals surface area contributed by atoms with Crippen molar-refractivity contribution >= 4 is 6.09 Å². The van der Waals surface area contributed by atoms with Gasteiger partial charge in [0.25, 0.3) is 0 Å². The minimum atomic E-state index is -0.387. The molecule has 4 heteroatoms. The maximum Gasteiger partial charge on any atom is 0.410 e. The van der Waals surface area contributed by atoms with Gasteiger partial charge in [-0.2, -0.15) is 5.26 Å². The van der Waals surface area contributed by atoms with Crippen molar-refractivity contribution in [1.29, 1.82) is 5.26 Å². The van der Waals surface area contributed by atoms with Crippen LogP contribution in [0.2, 0.25) is 0 Å². The molecular formula is C11H18N2O2. The average molecular weight is 210 g/mol. The first kappa shape index (κ1) is 11.8. The van der Waals surface area contributed by atoms with Gasteiger partial charge < -0.3 is 4.74 Å². The molecule has 0 atom stereocenters. The van der Waals surface area contributed by atoms with Crippen molar-refractivity contribution in [2.45, 2.75) is 32.1 Å². The lowest BCUT2D eigenvalue weighted by molar-refractivity contribution is 0.0902. The van der Waals surface area contributed by atoms with Crippen molar-refractivity contribution in [1.82, 2.24) is 4.90 Å². The van der Waals surface area contributed by atoms with E-state index in [9.17, 15) is 4.79 Å². The zero-order chi connectivity index (χ0) is 11.1. The lowest BCUT2D eigenvalue weighted by Crippen LogP contribution is -2.29. The van der Waals surface area contributed by atoms with E-state index in [1.807, 2.05) is 6.07 Å². The average Bonchev–Trinajstić information content (AvgIpc) is 2.27. The van der Waals surface area contributed by atoms with Crippen LogP contribution in [0.3, 0.4) is 0 Å². The molecule has 0 saturated heterocycles. The van der Waals surface area contributed by atoms with E-state index in [1.54, 1.807) is 7.05 Å². The second-order valence-electron chi connectivity index (χ2n) is 4.10. The van der Waals surface area contributed by atoms with Crippen LogP contribution in [-0.2, 0) is 4.74 Å². The minimum Gasteiger partial charge on any atom is -0.449 e. The van der Waals surface area contributed by atoms with Gasteiger partial charge in [0, 0.05) is 7.05 Å². The number of carbonyl (C=O) groups is 1. The molecule has 1 aliphatic carbocycles. The van der Waals surface area contributed by atoms with Gasteiger partial charge in [0.1, 0.15) is 6.54 Å². The fraction of sp³-hybridized carbons (Fsp3) is 0.818. The Balaban J connectivity index is 2.18. The van der Waals surface area contributed by atoms with E-state index in [-0.39, 0.29) is 12.6 Å². The van der Waals surface area contributed by atoms with Crippen molar-refractivity contribution < 1.29 is 9.53 Å². The third-order valence-corrected chi connectivity index (χ3v) is 2.79. The molecule has 15 heavy (non-hydrogen) atoms. The lowest BCUT2D eigenvalue weighted by atomic mass is 9.90. The first-order valence-corrected chi connectivity index (χ1v) is 5.49. The summed E-state index contributed by atoms with van der Waals surface area (Å²) < 4.78 is 5.13. The maximum absolute atomic E-state index is 11.3. The third-order valence-electron chi connectivity index (χ3n) is 2.79. The second kappa shape index (κ2) is 6.28. The minimum absolute atomic E-state index is 0.0868. The molecule has 1 amide bonds. The van der Waals surface area contributed by atoms with Gasteiger partial charge in [-0.3, -0.25) is 4.90 Å². The number of amides is 1. The monoisotopic (exact) mass is 210 g/mol. The summed E-state index contributed by atoms with van der Waals surface area (Å²) in [5.41, 5.74) is 0. The molecule has 0 aliphatic heterocycles. The largest absolute Gasteiger partial charge is 0.449 e. The number of carbonyl (C=O) groups excluding carboxylic acids is 1. The van der Waals surface area contributed by atoms with E-state index >= 15 is 0 Å². The first-order chi connectivity index (χ1) is 7.24. The van der Waals surface area contributed by atoms with Crippen molar-refractivity contribution in [2.75, 3.05) is 20.2 Å². The summed E-state index contributed by atoms with van der Waals surface area (Å²) in [7, 11) is 1.58. The molecule has 1 fully saturated rings. The van der Waals surface area contributed by atoms with Crippen LogP contribution in [0.15, 0.2) is 0 Å². The van der Waals surface area contributed by atoms with E-state index in [0.717, 1.165) is 12.8 Å². The molecule has 0 N–H and O–H groups in total. The Hall–Kier alpha value is -1.24. The van der Waals surface area contributed by atoms with Crippen LogP contribution >= 0.6 is 0 Å². The molecule has 0 unspecified atom stereocenters. The van der Waals surface area contributed by atoms with E-state index < -0.39 is 0 Å². The molecular weight excluding hydrogens is 192 g/mol. The number of rotatable bonds is 3. The fourth-order valence-corrected chi connectivity index (χ4v) is 1.82. The van der Waals surface area contributed by atoms with E-state index in [0.29, 0.717) is 12.5 Å². The molecule has 1 rings (SSSR count). The molecule has 0 spiro atoms. The molecule has 0 radical (unpaired) electrons. The Labute approximate surface area is 90.8 Å². The number of nitrogens with zero attached hydrogens (tertiary/aromatic N) is 2. The third kappa shape index (κ3) is 4.20.